The summed E-state index contributed by atoms with van der Waals surface area (Å²) in [5.41, 5.74) is 1.75. The summed E-state index contributed by atoms with van der Waals surface area (Å²) < 4.78 is 0. The molecule has 3 N–H and O–H groups in total. The molecule has 2 aromatic carbocycles. The maximum absolute atomic E-state index is 10.9. The van der Waals surface area contributed by atoms with Gasteiger partial charge < -0.3 is 15.2 Å². The van der Waals surface area contributed by atoms with Crippen LogP contribution in [0.1, 0.15) is 10.4 Å². The van der Waals surface area contributed by atoms with E-state index in [0.29, 0.717) is 16.6 Å². The van der Waals surface area contributed by atoms with Gasteiger partial charge in [-0.2, -0.15) is 0 Å². The molecule has 0 radical (unpaired) electrons. The number of rotatable bonds is 3. The highest BCUT2D eigenvalue weighted by molar-refractivity contribution is 6.60. The molecule has 5 heteroatoms. The van der Waals surface area contributed by atoms with Gasteiger partial charge in [-0.3, -0.25) is 0 Å². The first-order chi connectivity index (χ1) is 8.59. The number of hydrogen-bond donors (Lipinski definition) is 3. The van der Waals surface area contributed by atoms with Crippen LogP contribution in [-0.4, -0.2) is 28.2 Å². The van der Waals surface area contributed by atoms with Gasteiger partial charge in [0.25, 0.3) is 0 Å². The average molecular weight is 242 g/mol. The lowest BCUT2D eigenvalue weighted by molar-refractivity contribution is 0.0697. The minimum Gasteiger partial charge on any atom is -0.478 e. The van der Waals surface area contributed by atoms with Crippen LogP contribution in [0.3, 0.4) is 0 Å². The van der Waals surface area contributed by atoms with Gasteiger partial charge in [0.2, 0.25) is 0 Å². The second-order valence-corrected chi connectivity index (χ2v) is 3.85. The molecule has 18 heavy (non-hydrogen) atoms. The van der Waals surface area contributed by atoms with Crippen molar-refractivity contribution in [2.24, 2.45) is 0 Å². The molecule has 0 aliphatic heterocycles. The van der Waals surface area contributed by atoms with E-state index in [4.69, 9.17) is 5.11 Å². The van der Waals surface area contributed by atoms with E-state index in [0.717, 1.165) is 0 Å². The van der Waals surface area contributed by atoms with E-state index >= 15 is 0 Å². The molecule has 2 rings (SSSR count). The van der Waals surface area contributed by atoms with Crippen molar-refractivity contribution in [3.05, 3.63) is 54.1 Å². The highest BCUT2D eigenvalue weighted by atomic mass is 16.4. The molecule has 0 saturated carbocycles. The van der Waals surface area contributed by atoms with Gasteiger partial charge in [-0.15, -0.1) is 0 Å². The van der Waals surface area contributed by atoms with Crippen LogP contribution in [0.15, 0.2) is 48.5 Å². The summed E-state index contributed by atoms with van der Waals surface area (Å²) in [6, 6.07) is 13.1. The fourth-order valence-corrected chi connectivity index (χ4v) is 1.80. The van der Waals surface area contributed by atoms with Gasteiger partial charge in [0, 0.05) is 0 Å². The van der Waals surface area contributed by atoms with Crippen LogP contribution in [0.4, 0.5) is 0 Å². The lowest BCUT2D eigenvalue weighted by atomic mass is 9.75. The van der Waals surface area contributed by atoms with Crippen molar-refractivity contribution in [3.63, 3.8) is 0 Å². The van der Waals surface area contributed by atoms with Crippen LogP contribution < -0.4 is 5.46 Å². The van der Waals surface area contributed by atoms with E-state index in [9.17, 15) is 14.8 Å². The van der Waals surface area contributed by atoms with Crippen molar-refractivity contribution in [1.29, 1.82) is 0 Å². The zero-order chi connectivity index (χ0) is 13.1. The molecule has 0 unspecified atom stereocenters. The predicted octanol–water partition coefficient (Wildman–Crippen LogP) is 0.732. The van der Waals surface area contributed by atoms with Crippen LogP contribution in [0.25, 0.3) is 11.1 Å². The molecule has 0 bridgehead atoms. The maximum atomic E-state index is 10.9. The fourth-order valence-electron chi connectivity index (χ4n) is 1.80. The summed E-state index contributed by atoms with van der Waals surface area (Å²) in [7, 11) is -1.59. The molecule has 2 aromatic rings. The van der Waals surface area contributed by atoms with E-state index in [1.165, 1.54) is 12.1 Å². The summed E-state index contributed by atoms with van der Waals surface area (Å²) in [6.07, 6.45) is 0. The Labute approximate surface area is 104 Å². The predicted molar refractivity (Wildman–Crippen MR) is 68.7 cm³/mol. The first-order valence-electron chi connectivity index (χ1n) is 5.38. The van der Waals surface area contributed by atoms with E-state index in [1.54, 1.807) is 36.4 Å². The zero-order valence-electron chi connectivity index (χ0n) is 9.45. The van der Waals surface area contributed by atoms with Crippen LogP contribution >= 0.6 is 0 Å². The number of carboxylic acids is 1. The number of hydrogen-bond acceptors (Lipinski definition) is 3. The van der Waals surface area contributed by atoms with E-state index < -0.39 is 13.1 Å². The Kier molecular flexibility index (Phi) is 3.46. The molecule has 0 saturated heterocycles. The van der Waals surface area contributed by atoms with Crippen molar-refractivity contribution in [2.75, 3.05) is 0 Å². The first-order valence-corrected chi connectivity index (χ1v) is 5.38. The van der Waals surface area contributed by atoms with Gasteiger partial charge in [-0.05, 0) is 28.7 Å². The molecule has 0 spiro atoms. The monoisotopic (exact) mass is 242 g/mol. The molecule has 0 aliphatic carbocycles. The normalized spacial score (nSPS) is 10.1. The molecular weight excluding hydrogens is 231 g/mol. The number of carboxylic acid groups (broad SMARTS) is 1. The largest absolute Gasteiger partial charge is 0.489 e. The van der Waals surface area contributed by atoms with Crippen molar-refractivity contribution < 1.29 is 19.9 Å². The Hall–Kier alpha value is -2.11. The summed E-state index contributed by atoms with van der Waals surface area (Å²) in [4.78, 5) is 10.9. The lowest BCUT2D eigenvalue weighted by Gasteiger charge is -2.09. The molecule has 4 nitrogen and oxygen atoms in total. The fraction of sp³-hybridized carbons (Fsp3) is 0. The van der Waals surface area contributed by atoms with Gasteiger partial charge in [-0.1, -0.05) is 36.4 Å². The van der Waals surface area contributed by atoms with Crippen molar-refractivity contribution in [1.82, 2.24) is 0 Å². The number of carbonyl (C=O) groups is 1. The van der Waals surface area contributed by atoms with E-state index in [1.807, 2.05) is 0 Å². The molecule has 0 amide bonds. The third-order valence-electron chi connectivity index (χ3n) is 2.66. The van der Waals surface area contributed by atoms with E-state index in [2.05, 4.69) is 0 Å². The highest BCUT2D eigenvalue weighted by Crippen LogP contribution is 2.19. The van der Waals surface area contributed by atoms with Gasteiger partial charge in [0.1, 0.15) is 0 Å². The Morgan fingerprint density at radius 1 is 1.00 bits per heavy atom. The van der Waals surface area contributed by atoms with Crippen LogP contribution in [0.5, 0.6) is 0 Å². The third-order valence-corrected chi connectivity index (χ3v) is 2.66. The standard InChI is InChI=1S/C13H11BO4/c15-13(16)10-5-3-4-9(8-10)11-6-1-2-7-12(11)14(17)18/h1-8,17-18H,(H,15,16). The number of aromatic carboxylic acids is 1. The summed E-state index contributed by atoms with van der Waals surface area (Å²) in [5.74, 6) is -1.01. The minimum atomic E-state index is -1.59. The molecule has 0 fully saturated rings. The molecule has 0 aliphatic rings. The summed E-state index contributed by atoms with van der Waals surface area (Å²) in [6.45, 7) is 0. The summed E-state index contributed by atoms with van der Waals surface area (Å²) >= 11 is 0. The first kappa shape index (κ1) is 12.4. The Bertz CT molecular complexity index is 581. The second kappa shape index (κ2) is 5.04. The van der Waals surface area contributed by atoms with Crippen LogP contribution in [0.2, 0.25) is 0 Å². The van der Waals surface area contributed by atoms with Crippen LogP contribution in [-0.2, 0) is 0 Å². The Morgan fingerprint density at radius 2 is 1.72 bits per heavy atom. The molecule has 0 heterocycles. The molecule has 90 valence electrons. The quantitative estimate of drug-likeness (QED) is 0.693. The van der Waals surface area contributed by atoms with Crippen molar-refractivity contribution in [3.8, 4) is 11.1 Å². The van der Waals surface area contributed by atoms with Gasteiger partial charge in [0.15, 0.2) is 0 Å². The minimum absolute atomic E-state index is 0.162. The lowest BCUT2D eigenvalue weighted by Crippen LogP contribution is -2.31. The average Bonchev–Trinajstić information content (AvgIpc) is 2.39. The third kappa shape index (κ3) is 2.42. The maximum Gasteiger partial charge on any atom is 0.489 e. The van der Waals surface area contributed by atoms with Crippen molar-refractivity contribution in [2.45, 2.75) is 0 Å². The smallest absolute Gasteiger partial charge is 0.478 e. The second-order valence-electron chi connectivity index (χ2n) is 3.85. The zero-order valence-corrected chi connectivity index (χ0v) is 9.45. The van der Waals surface area contributed by atoms with E-state index in [-0.39, 0.29) is 5.56 Å². The molecular formula is C13H11BO4. The summed E-state index contributed by atoms with van der Waals surface area (Å²) in [5, 5.41) is 27.5. The number of benzene rings is 2. The highest BCUT2D eigenvalue weighted by Gasteiger charge is 2.16. The topological polar surface area (TPSA) is 77.8 Å². The molecule has 0 aromatic heterocycles. The van der Waals surface area contributed by atoms with Crippen molar-refractivity contribution >= 4 is 18.6 Å². The molecule has 0 atom stereocenters. The Balaban J connectivity index is 2.55. The SMILES string of the molecule is O=C(O)c1cccc(-c2ccccc2B(O)O)c1. The van der Waals surface area contributed by atoms with Gasteiger partial charge in [0.05, 0.1) is 5.56 Å². The van der Waals surface area contributed by atoms with Gasteiger partial charge in [-0.25, -0.2) is 4.79 Å². The van der Waals surface area contributed by atoms with Crippen LogP contribution in [0, 0.1) is 0 Å². The van der Waals surface area contributed by atoms with Gasteiger partial charge >= 0.3 is 13.1 Å². The Morgan fingerprint density at radius 3 is 2.39 bits per heavy atom.